The molecular weight excluding hydrogens is 328 g/mol. The van der Waals surface area contributed by atoms with Crippen LogP contribution in [0, 0.1) is 5.92 Å². The van der Waals surface area contributed by atoms with Gasteiger partial charge >= 0.3 is 0 Å². The topological polar surface area (TPSA) is 73.6 Å². The van der Waals surface area contributed by atoms with Crippen LogP contribution in [-0.4, -0.2) is 32.7 Å². The van der Waals surface area contributed by atoms with Crippen LogP contribution < -0.4 is 20.5 Å². The number of nitrogens with two attached hydrogens (primary N) is 1. The summed E-state index contributed by atoms with van der Waals surface area (Å²) in [6.07, 6.45) is 5.69. The molecule has 0 aliphatic heterocycles. The molecule has 0 aromatic heterocycles. The summed E-state index contributed by atoms with van der Waals surface area (Å²) in [6, 6.07) is 6.12. The lowest BCUT2D eigenvalue weighted by Crippen LogP contribution is -2.38. The molecule has 1 saturated carbocycles. The van der Waals surface area contributed by atoms with Crippen LogP contribution in [0.25, 0.3) is 0 Å². The van der Waals surface area contributed by atoms with Gasteiger partial charge in [-0.25, -0.2) is 0 Å². The van der Waals surface area contributed by atoms with Crippen LogP contribution >= 0.6 is 12.4 Å². The number of ether oxygens (including phenoxy) is 2. The normalized spacial score (nSPS) is 20.0. The number of carbonyl (C=O) groups excluding carboxylic acids is 1. The standard InChI is InChI=1S/C18H28N2O3.ClH/c1-22-16-9-8-13(11-17(16)23-2)5-4-10-20-18(21)14-6-3-7-15(19)12-14;/h8-9,11,14-15H,3-7,10,12,19H2,1-2H3,(H,20,21);1H. The van der Waals surface area contributed by atoms with Gasteiger partial charge in [-0.15, -0.1) is 12.4 Å². The Hall–Kier alpha value is -1.46. The van der Waals surface area contributed by atoms with Crippen molar-refractivity contribution < 1.29 is 14.3 Å². The molecule has 0 spiro atoms. The van der Waals surface area contributed by atoms with Gasteiger partial charge in [0.15, 0.2) is 11.5 Å². The predicted octanol–water partition coefficient (Wildman–Crippen LogP) is 2.69. The van der Waals surface area contributed by atoms with Gasteiger partial charge in [-0.2, -0.15) is 0 Å². The number of hydrogen-bond donors (Lipinski definition) is 2. The molecule has 1 aromatic rings. The molecule has 5 nitrogen and oxygen atoms in total. The summed E-state index contributed by atoms with van der Waals surface area (Å²) >= 11 is 0. The fourth-order valence-corrected chi connectivity index (χ4v) is 3.15. The molecule has 2 rings (SSSR count). The highest BCUT2D eigenvalue weighted by Gasteiger charge is 2.24. The van der Waals surface area contributed by atoms with E-state index >= 15 is 0 Å². The number of halogens is 1. The predicted molar refractivity (Wildman–Crippen MR) is 98.1 cm³/mol. The minimum Gasteiger partial charge on any atom is -0.493 e. The summed E-state index contributed by atoms with van der Waals surface area (Å²) in [4.78, 5) is 12.1. The van der Waals surface area contributed by atoms with E-state index < -0.39 is 0 Å². The molecule has 1 aliphatic rings. The Morgan fingerprint density at radius 3 is 2.67 bits per heavy atom. The molecule has 3 N–H and O–H groups in total. The highest BCUT2D eigenvalue weighted by Crippen LogP contribution is 2.28. The van der Waals surface area contributed by atoms with Crippen LogP contribution in [0.4, 0.5) is 0 Å². The minimum absolute atomic E-state index is 0. The summed E-state index contributed by atoms with van der Waals surface area (Å²) in [7, 11) is 3.26. The molecule has 6 heteroatoms. The van der Waals surface area contributed by atoms with Crippen molar-refractivity contribution in [1.82, 2.24) is 5.32 Å². The van der Waals surface area contributed by atoms with Gasteiger partial charge < -0.3 is 20.5 Å². The Morgan fingerprint density at radius 2 is 2.00 bits per heavy atom. The molecule has 24 heavy (non-hydrogen) atoms. The van der Waals surface area contributed by atoms with Crippen molar-refractivity contribution in [3.63, 3.8) is 0 Å². The zero-order valence-corrected chi connectivity index (χ0v) is 15.4. The number of amides is 1. The third-order valence-electron chi connectivity index (χ3n) is 4.47. The van der Waals surface area contributed by atoms with Gasteiger partial charge in [-0.3, -0.25) is 4.79 Å². The van der Waals surface area contributed by atoms with Crippen molar-refractivity contribution in [3.05, 3.63) is 23.8 Å². The largest absolute Gasteiger partial charge is 0.493 e. The van der Waals surface area contributed by atoms with E-state index in [0.717, 1.165) is 50.0 Å². The highest BCUT2D eigenvalue weighted by molar-refractivity contribution is 5.85. The minimum atomic E-state index is 0. The van der Waals surface area contributed by atoms with Crippen molar-refractivity contribution in [3.8, 4) is 11.5 Å². The fraction of sp³-hybridized carbons (Fsp3) is 0.611. The van der Waals surface area contributed by atoms with Crippen LogP contribution in [0.1, 0.15) is 37.7 Å². The van der Waals surface area contributed by atoms with Crippen molar-refractivity contribution in [2.24, 2.45) is 11.7 Å². The average molecular weight is 357 g/mol. The molecule has 1 amide bonds. The van der Waals surface area contributed by atoms with E-state index in [1.807, 2.05) is 18.2 Å². The number of hydrogen-bond acceptors (Lipinski definition) is 4. The number of aryl methyl sites for hydroxylation is 1. The Kier molecular flexibility index (Phi) is 8.93. The molecule has 2 unspecified atom stereocenters. The van der Waals surface area contributed by atoms with Crippen molar-refractivity contribution in [2.45, 2.75) is 44.6 Å². The lowest BCUT2D eigenvalue weighted by Gasteiger charge is -2.25. The maximum atomic E-state index is 12.1. The summed E-state index contributed by atoms with van der Waals surface area (Å²) in [5, 5.41) is 3.04. The van der Waals surface area contributed by atoms with Gasteiger partial charge in [0.25, 0.3) is 0 Å². The van der Waals surface area contributed by atoms with Crippen molar-refractivity contribution >= 4 is 18.3 Å². The molecule has 1 aromatic carbocycles. The lowest BCUT2D eigenvalue weighted by atomic mass is 9.85. The second-order valence-corrected chi connectivity index (χ2v) is 6.21. The summed E-state index contributed by atoms with van der Waals surface area (Å²) < 4.78 is 10.5. The van der Waals surface area contributed by atoms with Crippen LogP contribution in [0.3, 0.4) is 0 Å². The SMILES string of the molecule is COc1ccc(CCCNC(=O)C2CCCC(N)C2)cc1OC.Cl. The van der Waals surface area contributed by atoms with E-state index in [4.69, 9.17) is 15.2 Å². The zero-order chi connectivity index (χ0) is 16.7. The molecule has 0 radical (unpaired) electrons. The fourth-order valence-electron chi connectivity index (χ4n) is 3.15. The van der Waals surface area contributed by atoms with E-state index in [9.17, 15) is 4.79 Å². The van der Waals surface area contributed by atoms with Crippen LogP contribution in [0.5, 0.6) is 11.5 Å². The van der Waals surface area contributed by atoms with E-state index in [0.29, 0.717) is 6.54 Å². The smallest absolute Gasteiger partial charge is 0.223 e. The first-order valence-electron chi connectivity index (χ1n) is 8.38. The third kappa shape index (κ3) is 5.87. The van der Waals surface area contributed by atoms with Crippen LogP contribution in [-0.2, 0) is 11.2 Å². The molecule has 0 bridgehead atoms. The molecule has 1 aliphatic carbocycles. The van der Waals surface area contributed by atoms with Crippen LogP contribution in [0.15, 0.2) is 18.2 Å². The van der Waals surface area contributed by atoms with Gasteiger partial charge in [0.2, 0.25) is 5.91 Å². The van der Waals surface area contributed by atoms with Gasteiger partial charge in [0.1, 0.15) is 0 Å². The first-order valence-corrected chi connectivity index (χ1v) is 8.38. The van der Waals surface area contributed by atoms with Gasteiger partial charge in [-0.1, -0.05) is 12.5 Å². The quantitative estimate of drug-likeness (QED) is 0.737. The first-order chi connectivity index (χ1) is 11.1. The first kappa shape index (κ1) is 20.6. The van der Waals surface area contributed by atoms with Crippen molar-refractivity contribution in [1.29, 1.82) is 0 Å². The number of rotatable bonds is 7. The summed E-state index contributed by atoms with van der Waals surface area (Å²) in [5.41, 5.74) is 7.12. The number of benzene rings is 1. The maximum absolute atomic E-state index is 12.1. The number of methoxy groups -OCH3 is 2. The second-order valence-electron chi connectivity index (χ2n) is 6.21. The average Bonchev–Trinajstić information content (AvgIpc) is 2.58. The van der Waals surface area contributed by atoms with E-state index in [1.54, 1.807) is 14.2 Å². The Labute approximate surface area is 150 Å². The number of carbonyl (C=O) groups is 1. The van der Waals surface area contributed by atoms with Crippen LogP contribution in [0.2, 0.25) is 0 Å². The maximum Gasteiger partial charge on any atom is 0.223 e. The Bertz CT molecular complexity index is 525. The number of nitrogens with one attached hydrogen (secondary N) is 1. The lowest BCUT2D eigenvalue weighted by molar-refractivity contribution is -0.126. The molecule has 0 heterocycles. The molecule has 1 fully saturated rings. The van der Waals surface area contributed by atoms with Gasteiger partial charge in [0, 0.05) is 18.5 Å². The zero-order valence-electron chi connectivity index (χ0n) is 14.5. The van der Waals surface area contributed by atoms with E-state index in [2.05, 4.69) is 5.32 Å². The Morgan fingerprint density at radius 1 is 1.25 bits per heavy atom. The summed E-state index contributed by atoms with van der Waals surface area (Å²) in [5.74, 6) is 1.73. The second kappa shape index (κ2) is 10.4. The monoisotopic (exact) mass is 356 g/mol. The molecule has 2 atom stereocenters. The Balaban J connectivity index is 0.00000288. The summed E-state index contributed by atoms with van der Waals surface area (Å²) in [6.45, 7) is 0.693. The molecule has 0 saturated heterocycles. The van der Waals surface area contributed by atoms with Gasteiger partial charge in [-0.05, 0) is 49.8 Å². The highest BCUT2D eigenvalue weighted by atomic mass is 35.5. The van der Waals surface area contributed by atoms with E-state index in [-0.39, 0.29) is 30.3 Å². The molecule has 136 valence electrons. The third-order valence-corrected chi connectivity index (χ3v) is 4.47. The van der Waals surface area contributed by atoms with Crippen molar-refractivity contribution in [2.75, 3.05) is 20.8 Å². The van der Waals surface area contributed by atoms with Gasteiger partial charge in [0.05, 0.1) is 14.2 Å². The van der Waals surface area contributed by atoms with E-state index in [1.165, 1.54) is 5.56 Å². The molecular formula is C18H29ClN2O3.